The van der Waals surface area contributed by atoms with E-state index < -0.39 is 47.6 Å². The summed E-state index contributed by atoms with van der Waals surface area (Å²) in [6, 6.07) is 4.33. The van der Waals surface area contributed by atoms with Crippen molar-refractivity contribution in [3.05, 3.63) is 40.9 Å². The summed E-state index contributed by atoms with van der Waals surface area (Å²) >= 11 is 6.05. The zero-order chi connectivity index (χ0) is 20.2. The molecule has 8 nitrogen and oxygen atoms in total. The van der Waals surface area contributed by atoms with Crippen LogP contribution in [0.4, 0.5) is 5.69 Å². The second-order valence-corrected chi connectivity index (χ2v) is 7.18. The van der Waals surface area contributed by atoms with Gasteiger partial charge in [-0.15, -0.1) is 0 Å². The van der Waals surface area contributed by atoms with Crippen LogP contribution in [0.25, 0.3) is 0 Å². The van der Waals surface area contributed by atoms with E-state index in [1.165, 1.54) is 39.5 Å². The highest BCUT2D eigenvalue weighted by molar-refractivity contribution is 6.34. The van der Waals surface area contributed by atoms with Crippen LogP contribution in [-0.2, 0) is 28.5 Å². The first kappa shape index (κ1) is 19.1. The molecule has 9 heteroatoms. The number of esters is 1. The fourth-order valence-electron chi connectivity index (χ4n) is 4.34. The number of imide groups is 1. The molecule has 148 valence electrons. The van der Waals surface area contributed by atoms with Gasteiger partial charge in [-0.1, -0.05) is 17.7 Å². The molecule has 2 amide bonds. The quantitative estimate of drug-likeness (QED) is 0.316. The molecule has 2 bridgehead atoms. The normalized spacial score (nSPS) is 30.5. The third-order valence-electron chi connectivity index (χ3n) is 5.49. The van der Waals surface area contributed by atoms with Crippen LogP contribution in [0.2, 0.25) is 5.02 Å². The number of anilines is 1. The minimum atomic E-state index is -1.18. The number of methoxy groups -OCH3 is 3. The number of nitrogens with zero attached hydrogens (tertiary/aromatic N) is 1. The first-order valence-electron chi connectivity index (χ1n) is 8.58. The first-order chi connectivity index (χ1) is 13.4. The Labute approximate surface area is 165 Å². The van der Waals surface area contributed by atoms with Crippen LogP contribution in [0.3, 0.4) is 0 Å². The van der Waals surface area contributed by atoms with E-state index in [1.54, 1.807) is 12.2 Å². The van der Waals surface area contributed by atoms with Crippen molar-refractivity contribution in [2.45, 2.75) is 18.0 Å². The molecule has 0 saturated carbocycles. The lowest BCUT2D eigenvalue weighted by Crippen LogP contribution is -2.50. The van der Waals surface area contributed by atoms with Crippen molar-refractivity contribution in [1.82, 2.24) is 0 Å². The molecule has 1 aromatic rings. The van der Waals surface area contributed by atoms with Gasteiger partial charge in [0.25, 0.3) is 0 Å². The topological polar surface area (TPSA) is 91.4 Å². The summed E-state index contributed by atoms with van der Waals surface area (Å²) in [5.41, 5.74) is -0.869. The average molecular weight is 408 g/mol. The molecule has 3 heterocycles. The van der Waals surface area contributed by atoms with Crippen molar-refractivity contribution < 1.29 is 33.3 Å². The van der Waals surface area contributed by atoms with Crippen LogP contribution in [0, 0.1) is 11.8 Å². The lowest BCUT2D eigenvalue weighted by atomic mass is 9.76. The van der Waals surface area contributed by atoms with E-state index >= 15 is 0 Å². The number of ether oxygens (including phenoxy) is 4. The van der Waals surface area contributed by atoms with Crippen molar-refractivity contribution in [1.29, 1.82) is 0 Å². The number of carbonyl (C=O) groups excluding carboxylic acids is 3. The third kappa shape index (κ3) is 2.39. The standard InChI is InChI=1S/C19H18ClNO7/c1-25-17(24)10-8-9(4-5-11(10)20)21-15(22)13-12-6-7-19(28-12,14(13)16(21)23)18(26-2)27-3/h4-8,12-14,18H,1-3H3. The van der Waals surface area contributed by atoms with Gasteiger partial charge in [0.1, 0.15) is 0 Å². The second kappa shape index (κ2) is 6.66. The van der Waals surface area contributed by atoms with Gasteiger partial charge in [-0.05, 0) is 24.3 Å². The molecule has 4 unspecified atom stereocenters. The molecule has 4 atom stereocenters. The van der Waals surface area contributed by atoms with Gasteiger partial charge in [0.05, 0.1) is 41.3 Å². The summed E-state index contributed by atoms with van der Waals surface area (Å²) < 4.78 is 21.4. The Bertz CT molecular complexity index is 896. The average Bonchev–Trinajstić information content (AvgIpc) is 3.34. The van der Waals surface area contributed by atoms with E-state index in [-0.39, 0.29) is 16.3 Å². The Balaban J connectivity index is 1.75. The molecule has 0 aliphatic carbocycles. The smallest absolute Gasteiger partial charge is 0.339 e. The molecule has 0 spiro atoms. The molecule has 0 aromatic heterocycles. The summed E-state index contributed by atoms with van der Waals surface area (Å²) in [7, 11) is 4.12. The van der Waals surface area contributed by atoms with E-state index in [4.69, 9.17) is 30.5 Å². The maximum Gasteiger partial charge on any atom is 0.339 e. The van der Waals surface area contributed by atoms with Crippen LogP contribution >= 0.6 is 11.6 Å². The minimum Gasteiger partial charge on any atom is -0.465 e. The van der Waals surface area contributed by atoms with Crippen LogP contribution in [0.1, 0.15) is 10.4 Å². The molecule has 0 radical (unpaired) electrons. The molecule has 4 rings (SSSR count). The monoisotopic (exact) mass is 407 g/mol. The van der Waals surface area contributed by atoms with Gasteiger partial charge in [0, 0.05) is 14.2 Å². The summed E-state index contributed by atoms with van der Waals surface area (Å²) in [5, 5.41) is 0.162. The minimum absolute atomic E-state index is 0.0676. The highest BCUT2D eigenvalue weighted by Crippen LogP contribution is 2.54. The van der Waals surface area contributed by atoms with E-state index in [9.17, 15) is 14.4 Å². The van der Waals surface area contributed by atoms with Crippen LogP contribution in [-0.4, -0.2) is 57.1 Å². The Hall–Kier alpha value is -2.26. The van der Waals surface area contributed by atoms with E-state index in [0.29, 0.717) is 0 Å². The molecule has 1 aromatic carbocycles. The third-order valence-corrected chi connectivity index (χ3v) is 5.82. The SMILES string of the molecule is COC(=O)c1cc(N2C(=O)C3C4C=CC(C(OC)OC)(O4)C3C2=O)ccc1Cl. The Kier molecular flexibility index (Phi) is 4.54. The van der Waals surface area contributed by atoms with Crippen molar-refractivity contribution >= 4 is 35.1 Å². The Morgan fingerprint density at radius 2 is 1.93 bits per heavy atom. The van der Waals surface area contributed by atoms with Crippen molar-refractivity contribution in [2.75, 3.05) is 26.2 Å². The lowest BCUT2D eigenvalue weighted by Gasteiger charge is -2.34. The predicted molar refractivity (Wildman–Crippen MR) is 96.8 cm³/mol. The number of benzene rings is 1. The number of carbonyl (C=O) groups is 3. The molecule has 0 N–H and O–H groups in total. The first-order valence-corrected chi connectivity index (χ1v) is 8.95. The van der Waals surface area contributed by atoms with Gasteiger partial charge in [0.2, 0.25) is 11.8 Å². The molecule has 3 aliphatic heterocycles. The van der Waals surface area contributed by atoms with Gasteiger partial charge in [-0.2, -0.15) is 0 Å². The predicted octanol–water partition coefficient (Wildman–Crippen LogP) is 1.56. The molecule has 2 saturated heterocycles. The van der Waals surface area contributed by atoms with Gasteiger partial charge < -0.3 is 18.9 Å². The maximum absolute atomic E-state index is 13.3. The van der Waals surface area contributed by atoms with Crippen LogP contribution in [0.5, 0.6) is 0 Å². The van der Waals surface area contributed by atoms with Gasteiger partial charge in [-0.25, -0.2) is 9.69 Å². The zero-order valence-electron chi connectivity index (χ0n) is 15.4. The molecule has 2 fully saturated rings. The summed E-state index contributed by atoms with van der Waals surface area (Å²) in [6.45, 7) is 0. The Morgan fingerprint density at radius 1 is 1.21 bits per heavy atom. The number of halogens is 1. The Morgan fingerprint density at radius 3 is 2.57 bits per heavy atom. The molecular formula is C19H18ClNO7. The summed E-state index contributed by atoms with van der Waals surface area (Å²) in [5.74, 6) is -3.00. The van der Waals surface area contributed by atoms with Gasteiger partial charge in [0.15, 0.2) is 11.9 Å². The van der Waals surface area contributed by atoms with Gasteiger partial charge >= 0.3 is 5.97 Å². The van der Waals surface area contributed by atoms with Crippen LogP contribution in [0.15, 0.2) is 30.4 Å². The number of amides is 2. The number of hydrogen-bond acceptors (Lipinski definition) is 7. The molecule has 3 aliphatic rings. The van der Waals surface area contributed by atoms with Crippen molar-refractivity contribution in [3.63, 3.8) is 0 Å². The van der Waals surface area contributed by atoms with E-state index in [2.05, 4.69) is 0 Å². The summed E-state index contributed by atoms with van der Waals surface area (Å²) in [6.07, 6.45) is 2.08. The number of fused-ring (bicyclic) bond motifs is 5. The zero-order valence-corrected chi connectivity index (χ0v) is 16.1. The molecule has 28 heavy (non-hydrogen) atoms. The molecular weight excluding hydrogens is 390 g/mol. The second-order valence-electron chi connectivity index (χ2n) is 6.77. The number of hydrogen-bond donors (Lipinski definition) is 0. The van der Waals surface area contributed by atoms with E-state index in [1.807, 2.05) is 0 Å². The number of rotatable bonds is 5. The largest absolute Gasteiger partial charge is 0.465 e. The lowest BCUT2D eigenvalue weighted by molar-refractivity contribution is -0.210. The van der Waals surface area contributed by atoms with Gasteiger partial charge in [-0.3, -0.25) is 9.59 Å². The van der Waals surface area contributed by atoms with Crippen molar-refractivity contribution in [2.24, 2.45) is 11.8 Å². The highest BCUT2D eigenvalue weighted by Gasteiger charge is 2.70. The van der Waals surface area contributed by atoms with Crippen LogP contribution < -0.4 is 4.90 Å². The summed E-state index contributed by atoms with van der Waals surface area (Å²) in [4.78, 5) is 39.4. The maximum atomic E-state index is 13.3. The van der Waals surface area contributed by atoms with Crippen molar-refractivity contribution in [3.8, 4) is 0 Å². The van der Waals surface area contributed by atoms with E-state index in [0.717, 1.165) is 4.90 Å². The fraction of sp³-hybridized carbons (Fsp3) is 0.421. The fourth-order valence-corrected chi connectivity index (χ4v) is 4.54. The highest BCUT2D eigenvalue weighted by atomic mass is 35.5.